The molecule has 5 heteroatoms. The molecule has 2 N–H and O–H groups in total. The van der Waals surface area contributed by atoms with Crippen molar-refractivity contribution in [1.82, 2.24) is 10.2 Å². The number of aliphatic carboxylic acids is 1. The molecule has 0 spiro atoms. The van der Waals surface area contributed by atoms with Crippen molar-refractivity contribution in [2.45, 2.75) is 38.1 Å². The summed E-state index contributed by atoms with van der Waals surface area (Å²) in [4.78, 5) is 24.9. The highest BCUT2D eigenvalue weighted by Crippen LogP contribution is 2.19. The molecule has 0 aromatic heterocycles. The number of hydrogen-bond donors (Lipinski definition) is 2. The fraction of sp³-hybridized carbons (Fsp3) is 0.833. The Kier molecular flexibility index (Phi) is 3.99. The average molecular weight is 240 g/mol. The molecular formula is C12H20N2O3. The molecule has 2 aliphatic rings. The first-order chi connectivity index (χ1) is 8.18. The zero-order chi connectivity index (χ0) is 12.3. The van der Waals surface area contributed by atoms with E-state index in [1.165, 1.54) is 0 Å². The monoisotopic (exact) mass is 240 g/mol. The molecule has 0 radical (unpaired) electrons. The number of amides is 1. The summed E-state index contributed by atoms with van der Waals surface area (Å²) >= 11 is 0. The molecule has 2 rings (SSSR count). The van der Waals surface area contributed by atoms with Crippen LogP contribution in [0.3, 0.4) is 0 Å². The van der Waals surface area contributed by atoms with E-state index >= 15 is 0 Å². The van der Waals surface area contributed by atoms with E-state index in [9.17, 15) is 9.59 Å². The van der Waals surface area contributed by atoms with Gasteiger partial charge in [-0.2, -0.15) is 0 Å². The predicted molar refractivity (Wildman–Crippen MR) is 62.6 cm³/mol. The number of hydrogen-bond acceptors (Lipinski definition) is 3. The SMILES string of the molecule is O=C(O)[C@@H]1CCCN(C(=O)[C@@H]2CCCCN2)C1. The van der Waals surface area contributed by atoms with Crippen molar-refractivity contribution in [3.05, 3.63) is 0 Å². The molecule has 0 bridgehead atoms. The van der Waals surface area contributed by atoms with Gasteiger partial charge in [-0.15, -0.1) is 0 Å². The Balaban J connectivity index is 1.91. The van der Waals surface area contributed by atoms with Crippen molar-refractivity contribution in [1.29, 1.82) is 0 Å². The van der Waals surface area contributed by atoms with Crippen LogP contribution < -0.4 is 5.32 Å². The summed E-state index contributed by atoms with van der Waals surface area (Å²) in [5.74, 6) is -1.06. The number of carboxylic acids is 1. The first-order valence-corrected chi connectivity index (χ1v) is 6.43. The third-order valence-corrected chi connectivity index (χ3v) is 3.69. The highest BCUT2D eigenvalue weighted by Gasteiger charge is 2.31. The number of carboxylic acid groups (broad SMARTS) is 1. The van der Waals surface area contributed by atoms with Crippen molar-refractivity contribution in [2.75, 3.05) is 19.6 Å². The van der Waals surface area contributed by atoms with E-state index < -0.39 is 5.97 Å². The van der Waals surface area contributed by atoms with Gasteiger partial charge in [-0.25, -0.2) is 0 Å². The summed E-state index contributed by atoms with van der Waals surface area (Å²) in [6.07, 6.45) is 4.58. The Morgan fingerprint density at radius 3 is 2.65 bits per heavy atom. The Morgan fingerprint density at radius 2 is 2.00 bits per heavy atom. The molecule has 0 aromatic carbocycles. The topological polar surface area (TPSA) is 69.6 Å². The summed E-state index contributed by atoms with van der Waals surface area (Å²) < 4.78 is 0. The van der Waals surface area contributed by atoms with Gasteiger partial charge in [0, 0.05) is 13.1 Å². The van der Waals surface area contributed by atoms with Gasteiger partial charge in [0.05, 0.1) is 12.0 Å². The summed E-state index contributed by atoms with van der Waals surface area (Å²) in [5.41, 5.74) is 0. The first kappa shape index (κ1) is 12.4. The Bertz CT molecular complexity index is 300. The van der Waals surface area contributed by atoms with Crippen molar-refractivity contribution in [3.8, 4) is 0 Å². The van der Waals surface area contributed by atoms with Crippen LogP contribution in [0.25, 0.3) is 0 Å². The van der Waals surface area contributed by atoms with Gasteiger partial charge in [0.2, 0.25) is 5.91 Å². The Hall–Kier alpha value is -1.10. The standard InChI is InChI=1S/C12H20N2O3/c15-11(10-5-1-2-6-13-10)14-7-3-4-9(8-14)12(16)17/h9-10,13H,1-8H2,(H,16,17)/t9-,10+/m1/s1. The second-order valence-electron chi connectivity index (χ2n) is 4.96. The molecule has 1 amide bonds. The number of rotatable bonds is 2. The molecular weight excluding hydrogens is 220 g/mol. The normalized spacial score (nSPS) is 30.0. The highest BCUT2D eigenvalue weighted by molar-refractivity contribution is 5.83. The molecule has 2 aliphatic heterocycles. The lowest BCUT2D eigenvalue weighted by molar-refractivity contribution is -0.146. The molecule has 0 unspecified atom stereocenters. The van der Waals surface area contributed by atoms with E-state index in [0.717, 1.165) is 32.2 Å². The fourth-order valence-electron chi connectivity index (χ4n) is 2.66. The summed E-state index contributed by atoms with van der Waals surface area (Å²) in [7, 11) is 0. The minimum absolute atomic E-state index is 0.0868. The molecule has 0 aliphatic carbocycles. The summed E-state index contributed by atoms with van der Waals surface area (Å²) in [6.45, 7) is 1.99. The van der Waals surface area contributed by atoms with Gasteiger partial charge in [0.25, 0.3) is 0 Å². The van der Waals surface area contributed by atoms with Crippen LogP contribution in [0.5, 0.6) is 0 Å². The molecule has 0 saturated carbocycles. The second kappa shape index (κ2) is 5.49. The molecule has 2 heterocycles. The summed E-state index contributed by atoms with van der Waals surface area (Å²) in [6, 6.07) is -0.0868. The van der Waals surface area contributed by atoms with Crippen LogP contribution in [0.2, 0.25) is 0 Å². The number of nitrogens with one attached hydrogen (secondary N) is 1. The van der Waals surface area contributed by atoms with Crippen LogP contribution >= 0.6 is 0 Å². The maximum Gasteiger partial charge on any atom is 0.308 e. The van der Waals surface area contributed by atoms with E-state index in [-0.39, 0.29) is 17.9 Å². The zero-order valence-electron chi connectivity index (χ0n) is 10.0. The smallest absolute Gasteiger partial charge is 0.308 e. The van der Waals surface area contributed by atoms with Gasteiger partial charge in [-0.05, 0) is 32.2 Å². The highest BCUT2D eigenvalue weighted by atomic mass is 16.4. The number of nitrogens with zero attached hydrogens (tertiary/aromatic N) is 1. The van der Waals surface area contributed by atoms with E-state index in [1.54, 1.807) is 4.90 Å². The van der Waals surface area contributed by atoms with Crippen molar-refractivity contribution in [2.24, 2.45) is 5.92 Å². The summed E-state index contributed by atoms with van der Waals surface area (Å²) in [5, 5.41) is 12.2. The van der Waals surface area contributed by atoms with Gasteiger partial charge >= 0.3 is 5.97 Å². The van der Waals surface area contributed by atoms with Gasteiger partial charge < -0.3 is 15.3 Å². The average Bonchev–Trinajstić information content (AvgIpc) is 2.39. The van der Waals surface area contributed by atoms with E-state index in [4.69, 9.17) is 5.11 Å². The minimum atomic E-state index is -0.779. The van der Waals surface area contributed by atoms with Crippen LogP contribution in [0.15, 0.2) is 0 Å². The van der Waals surface area contributed by atoms with Crippen LogP contribution in [0.1, 0.15) is 32.1 Å². The van der Waals surface area contributed by atoms with Crippen LogP contribution in [-0.2, 0) is 9.59 Å². The number of piperidine rings is 2. The quantitative estimate of drug-likeness (QED) is 0.735. The predicted octanol–water partition coefficient (Wildman–Crippen LogP) is 0.452. The second-order valence-corrected chi connectivity index (χ2v) is 4.96. The zero-order valence-corrected chi connectivity index (χ0v) is 10.0. The lowest BCUT2D eigenvalue weighted by Gasteiger charge is -2.34. The van der Waals surface area contributed by atoms with Gasteiger partial charge in [-0.1, -0.05) is 6.42 Å². The van der Waals surface area contributed by atoms with Crippen LogP contribution in [0.4, 0.5) is 0 Å². The number of carbonyl (C=O) groups excluding carboxylic acids is 1. The lowest BCUT2D eigenvalue weighted by Crippen LogP contribution is -2.52. The van der Waals surface area contributed by atoms with Crippen molar-refractivity contribution < 1.29 is 14.7 Å². The Labute approximate surface area is 101 Å². The van der Waals surface area contributed by atoms with E-state index in [1.807, 2.05) is 0 Å². The maximum absolute atomic E-state index is 12.2. The van der Waals surface area contributed by atoms with Crippen LogP contribution in [0, 0.1) is 5.92 Å². The van der Waals surface area contributed by atoms with Gasteiger partial charge in [0.15, 0.2) is 0 Å². The van der Waals surface area contributed by atoms with Crippen molar-refractivity contribution in [3.63, 3.8) is 0 Å². The lowest BCUT2D eigenvalue weighted by atomic mass is 9.96. The fourth-order valence-corrected chi connectivity index (χ4v) is 2.66. The van der Waals surface area contributed by atoms with Crippen LogP contribution in [-0.4, -0.2) is 47.6 Å². The molecule has 96 valence electrons. The minimum Gasteiger partial charge on any atom is -0.481 e. The molecule has 2 atom stereocenters. The van der Waals surface area contributed by atoms with Gasteiger partial charge in [0.1, 0.15) is 0 Å². The molecule has 2 saturated heterocycles. The number of carbonyl (C=O) groups is 2. The van der Waals surface area contributed by atoms with E-state index in [2.05, 4.69) is 5.32 Å². The molecule has 17 heavy (non-hydrogen) atoms. The molecule has 5 nitrogen and oxygen atoms in total. The van der Waals surface area contributed by atoms with E-state index in [0.29, 0.717) is 19.5 Å². The van der Waals surface area contributed by atoms with Gasteiger partial charge in [-0.3, -0.25) is 9.59 Å². The number of likely N-dealkylation sites (tertiary alicyclic amines) is 1. The third kappa shape index (κ3) is 2.97. The third-order valence-electron chi connectivity index (χ3n) is 3.69. The van der Waals surface area contributed by atoms with Crippen molar-refractivity contribution >= 4 is 11.9 Å². The molecule has 0 aromatic rings. The molecule has 2 fully saturated rings. The Morgan fingerprint density at radius 1 is 1.18 bits per heavy atom. The maximum atomic E-state index is 12.2. The first-order valence-electron chi connectivity index (χ1n) is 6.43. The largest absolute Gasteiger partial charge is 0.481 e.